The maximum atomic E-state index is 14.5. The van der Waals surface area contributed by atoms with Gasteiger partial charge in [0.05, 0.1) is 5.69 Å². The molecule has 0 amide bonds. The van der Waals surface area contributed by atoms with E-state index in [4.69, 9.17) is 0 Å². The van der Waals surface area contributed by atoms with Gasteiger partial charge in [-0.25, -0.2) is 4.39 Å². The average molecular weight is 292 g/mol. The molecule has 2 nitrogen and oxygen atoms in total. The van der Waals surface area contributed by atoms with Crippen molar-refractivity contribution in [1.82, 2.24) is 5.32 Å². The van der Waals surface area contributed by atoms with Gasteiger partial charge in [-0.2, -0.15) is 0 Å². The zero-order chi connectivity index (χ0) is 15.2. The van der Waals surface area contributed by atoms with E-state index in [9.17, 15) is 4.39 Å². The molecule has 1 aromatic carbocycles. The van der Waals surface area contributed by atoms with E-state index < -0.39 is 0 Å². The molecule has 0 aromatic heterocycles. The van der Waals surface area contributed by atoms with Crippen LogP contribution in [0.2, 0.25) is 0 Å². The third kappa shape index (κ3) is 4.19. The quantitative estimate of drug-likeness (QED) is 0.804. The number of anilines is 1. The van der Waals surface area contributed by atoms with Crippen LogP contribution in [-0.2, 0) is 6.54 Å². The third-order valence-corrected chi connectivity index (χ3v) is 4.44. The standard InChI is InChI=1S/C18H29FN2/c1-14(2)11-12-21(16-8-4-5-9-16)18-15(13-20-3)7-6-10-17(18)19/h6-7,10,14,16,20H,4-5,8-9,11-13H2,1-3H3. The molecule has 0 radical (unpaired) electrons. The molecule has 0 heterocycles. The van der Waals surface area contributed by atoms with E-state index in [2.05, 4.69) is 24.1 Å². The molecule has 1 aromatic rings. The van der Waals surface area contributed by atoms with Crippen LogP contribution in [0.4, 0.5) is 10.1 Å². The van der Waals surface area contributed by atoms with Crippen molar-refractivity contribution in [3.8, 4) is 0 Å². The number of halogens is 1. The van der Waals surface area contributed by atoms with Gasteiger partial charge in [-0.05, 0) is 43.9 Å². The highest BCUT2D eigenvalue weighted by Gasteiger charge is 2.26. The predicted molar refractivity (Wildman–Crippen MR) is 88.2 cm³/mol. The van der Waals surface area contributed by atoms with Gasteiger partial charge in [-0.3, -0.25) is 0 Å². The van der Waals surface area contributed by atoms with E-state index in [1.165, 1.54) is 25.7 Å². The van der Waals surface area contributed by atoms with E-state index >= 15 is 0 Å². The van der Waals surface area contributed by atoms with E-state index in [1.54, 1.807) is 6.07 Å². The summed E-state index contributed by atoms with van der Waals surface area (Å²) in [6.07, 6.45) is 6.07. The molecule has 0 spiro atoms. The molecular formula is C18H29FN2. The fourth-order valence-corrected chi connectivity index (χ4v) is 3.30. The van der Waals surface area contributed by atoms with Gasteiger partial charge in [0, 0.05) is 19.1 Å². The molecule has 0 saturated heterocycles. The molecule has 3 heteroatoms. The average Bonchev–Trinajstić information content (AvgIpc) is 2.95. The minimum atomic E-state index is -0.0709. The van der Waals surface area contributed by atoms with Crippen LogP contribution in [0.1, 0.15) is 51.5 Å². The van der Waals surface area contributed by atoms with Crippen molar-refractivity contribution < 1.29 is 4.39 Å². The van der Waals surface area contributed by atoms with Gasteiger partial charge in [0.25, 0.3) is 0 Å². The smallest absolute Gasteiger partial charge is 0.146 e. The van der Waals surface area contributed by atoms with Crippen LogP contribution in [0.3, 0.4) is 0 Å². The Bertz CT molecular complexity index is 439. The topological polar surface area (TPSA) is 15.3 Å². The molecule has 1 N–H and O–H groups in total. The largest absolute Gasteiger partial charge is 0.366 e. The minimum absolute atomic E-state index is 0.0709. The zero-order valence-corrected chi connectivity index (χ0v) is 13.7. The number of benzene rings is 1. The first kappa shape index (κ1) is 16.3. The molecule has 0 atom stereocenters. The minimum Gasteiger partial charge on any atom is -0.366 e. The highest BCUT2D eigenvalue weighted by atomic mass is 19.1. The van der Waals surface area contributed by atoms with Crippen LogP contribution in [-0.4, -0.2) is 19.6 Å². The summed E-state index contributed by atoms with van der Waals surface area (Å²) in [5.74, 6) is 0.576. The Kier molecular flexibility index (Phi) is 6.04. The van der Waals surface area contributed by atoms with Crippen LogP contribution in [0.15, 0.2) is 18.2 Å². The summed E-state index contributed by atoms with van der Waals surface area (Å²) in [6, 6.07) is 5.98. The van der Waals surface area contributed by atoms with E-state index in [0.29, 0.717) is 12.0 Å². The normalized spacial score (nSPS) is 15.9. The first-order valence-corrected chi connectivity index (χ1v) is 8.32. The second-order valence-corrected chi connectivity index (χ2v) is 6.59. The van der Waals surface area contributed by atoms with Gasteiger partial charge in [0.1, 0.15) is 5.82 Å². The van der Waals surface area contributed by atoms with E-state index in [1.807, 2.05) is 19.2 Å². The van der Waals surface area contributed by atoms with Crippen molar-refractivity contribution in [2.75, 3.05) is 18.5 Å². The molecule has 0 aliphatic heterocycles. The summed E-state index contributed by atoms with van der Waals surface area (Å²) in [6.45, 7) is 6.16. The molecule has 0 unspecified atom stereocenters. The van der Waals surface area contributed by atoms with Gasteiger partial charge in [-0.15, -0.1) is 0 Å². The number of hydrogen-bond acceptors (Lipinski definition) is 2. The number of hydrogen-bond donors (Lipinski definition) is 1. The third-order valence-electron chi connectivity index (χ3n) is 4.44. The van der Waals surface area contributed by atoms with Crippen molar-refractivity contribution in [1.29, 1.82) is 0 Å². The molecule has 1 fully saturated rings. The van der Waals surface area contributed by atoms with Crippen LogP contribution in [0.5, 0.6) is 0 Å². The Morgan fingerprint density at radius 1 is 1.29 bits per heavy atom. The molecule has 1 aliphatic carbocycles. The maximum absolute atomic E-state index is 14.5. The van der Waals surface area contributed by atoms with Crippen molar-refractivity contribution in [3.63, 3.8) is 0 Å². The van der Waals surface area contributed by atoms with Crippen LogP contribution < -0.4 is 10.2 Å². The Balaban J connectivity index is 2.30. The number of rotatable bonds is 7. The summed E-state index contributed by atoms with van der Waals surface area (Å²) in [5.41, 5.74) is 1.91. The second kappa shape index (κ2) is 7.79. The second-order valence-electron chi connectivity index (χ2n) is 6.59. The highest BCUT2D eigenvalue weighted by molar-refractivity contribution is 5.56. The van der Waals surface area contributed by atoms with Gasteiger partial charge < -0.3 is 10.2 Å². The summed E-state index contributed by atoms with van der Waals surface area (Å²) in [7, 11) is 1.92. The number of nitrogens with one attached hydrogen (secondary N) is 1. The van der Waals surface area contributed by atoms with Crippen molar-refractivity contribution in [3.05, 3.63) is 29.6 Å². The summed E-state index contributed by atoms with van der Waals surface area (Å²) >= 11 is 0. The lowest BCUT2D eigenvalue weighted by Gasteiger charge is -2.34. The van der Waals surface area contributed by atoms with E-state index in [-0.39, 0.29) is 5.82 Å². The van der Waals surface area contributed by atoms with Gasteiger partial charge >= 0.3 is 0 Å². The molecule has 1 saturated carbocycles. The van der Waals surface area contributed by atoms with Crippen LogP contribution in [0.25, 0.3) is 0 Å². The Morgan fingerprint density at radius 2 is 2.00 bits per heavy atom. The van der Waals surface area contributed by atoms with Gasteiger partial charge in [0.2, 0.25) is 0 Å². The molecule has 118 valence electrons. The summed E-state index contributed by atoms with van der Waals surface area (Å²) in [4.78, 5) is 2.36. The van der Waals surface area contributed by atoms with Crippen molar-refractivity contribution in [2.24, 2.45) is 5.92 Å². The first-order chi connectivity index (χ1) is 10.1. The number of para-hydroxylation sites is 1. The molecule has 1 aliphatic rings. The molecule has 2 rings (SSSR count). The van der Waals surface area contributed by atoms with E-state index in [0.717, 1.165) is 30.8 Å². The van der Waals surface area contributed by atoms with Crippen LogP contribution >= 0.6 is 0 Å². The monoisotopic (exact) mass is 292 g/mol. The molecular weight excluding hydrogens is 263 g/mol. The lowest BCUT2D eigenvalue weighted by atomic mass is 10.0. The lowest BCUT2D eigenvalue weighted by Crippen LogP contribution is -2.36. The zero-order valence-electron chi connectivity index (χ0n) is 13.7. The molecule has 0 bridgehead atoms. The molecule has 21 heavy (non-hydrogen) atoms. The van der Waals surface area contributed by atoms with Gasteiger partial charge in [0.15, 0.2) is 0 Å². The summed E-state index contributed by atoms with van der Waals surface area (Å²) < 4.78 is 14.5. The number of nitrogens with zero attached hydrogens (tertiary/aromatic N) is 1. The van der Waals surface area contributed by atoms with Crippen molar-refractivity contribution in [2.45, 2.75) is 58.5 Å². The fraction of sp³-hybridized carbons (Fsp3) is 0.667. The van der Waals surface area contributed by atoms with Crippen LogP contribution in [0, 0.1) is 11.7 Å². The summed E-state index contributed by atoms with van der Waals surface area (Å²) in [5, 5.41) is 3.17. The predicted octanol–water partition coefficient (Wildman–Crippen LogP) is 4.34. The lowest BCUT2D eigenvalue weighted by molar-refractivity contribution is 0.514. The highest BCUT2D eigenvalue weighted by Crippen LogP contribution is 2.33. The Labute approximate surface area is 128 Å². The SMILES string of the molecule is CNCc1cccc(F)c1N(CCC(C)C)C1CCCC1. The fourth-order valence-electron chi connectivity index (χ4n) is 3.30. The maximum Gasteiger partial charge on any atom is 0.146 e. The van der Waals surface area contributed by atoms with Gasteiger partial charge in [-0.1, -0.05) is 38.8 Å². The Hall–Kier alpha value is -1.09. The Morgan fingerprint density at radius 3 is 2.62 bits per heavy atom. The first-order valence-electron chi connectivity index (χ1n) is 8.32. The van der Waals surface area contributed by atoms with Crippen molar-refractivity contribution >= 4 is 5.69 Å².